The molecule has 0 aliphatic rings. The van der Waals surface area contributed by atoms with Gasteiger partial charge in [0.15, 0.2) is 16.7 Å². The Bertz CT molecular complexity index is 523. The molecule has 0 fully saturated rings. The Morgan fingerprint density at radius 3 is 2.74 bits per heavy atom. The minimum atomic E-state index is 0.281. The summed E-state index contributed by atoms with van der Waals surface area (Å²) in [4.78, 5) is 7.91. The Morgan fingerprint density at radius 2 is 2.00 bits per heavy atom. The summed E-state index contributed by atoms with van der Waals surface area (Å²) in [5.41, 5.74) is 0. The maximum Gasteiger partial charge on any atom is 0.198 e. The van der Waals surface area contributed by atoms with Gasteiger partial charge >= 0.3 is 0 Å². The molecular formula is C13H14ClN3O2. The number of nitrogens with zero attached hydrogens (tertiary/aromatic N) is 2. The molecule has 1 N–H and O–H groups in total. The molecule has 0 radical (unpaired) electrons. The Morgan fingerprint density at radius 1 is 1.21 bits per heavy atom. The van der Waals surface area contributed by atoms with Crippen LogP contribution in [0, 0.1) is 0 Å². The van der Waals surface area contributed by atoms with Crippen LogP contribution in [0.15, 0.2) is 36.7 Å². The highest BCUT2D eigenvalue weighted by molar-refractivity contribution is 6.31. The first-order valence-electron chi connectivity index (χ1n) is 5.77. The van der Waals surface area contributed by atoms with Gasteiger partial charge in [-0.05, 0) is 12.1 Å². The fraction of sp³-hybridized carbons (Fsp3) is 0.231. The smallest absolute Gasteiger partial charge is 0.198 e. The van der Waals surface area contributed by atoms with Gasteiger partial charge in [0.05, 0.1) is 13.7 Å². The number of rotatable bonds is 6. The largest absolute Gasteiger partial charge is 0.492 e. The van der Waals surface area contributed by atoms with Crippen molar-refractivity contribution in [1.29, 1.82) is 0 Å². The van der Waals surface area contributed by atoms with E-state index in [1.165, 1.54) is 13.4 Å². The number of anilines is 1. The fourth-order valence-electron chi connectivity index (χ4n) is 1.51. The fourth-order valence-corrected chi connectivity index (χ4v) is 1.72. The Hall–Kier alpha value is -2.01. The van der Waals surface area contributed by atoms with Gasteiger partial charge in [-0.15, -0.1) is 0 Å². The lowest BCUT2D eigenvalue weighted by molar-refractivity contribution is 0.332. The highest BCUT2D eigenvalue weighted by Gasteiger charge is 2.09. The third-order valence-electron chi connectivity index (χ3n) is 2.37. The number of ether oxygens (including phenoxy) is 2. The zero-order valence-electron chi connectivity index (χ0n) is 10.5. The van der Waals surface area contributed by atoms with Gasteiger partial charge in [0, 0.05) is 0 Å². The van der Waals surface area contributed by atoms with Crippen molar-refractivity contribution in [2.75, 3.05) is 25.6 Å². The van der Waals surface area contributed by atoms with E-state index in [0.717, 1.165) is 5.75 Å². The molecule has 2 aromatic rings. The van der Waals surface area contributed by atoms with E-state index < -0.39 is 0 Å². The minimum Gasteiger partial charge on any atom is -0.492 e. The molecule has 0 unspecified atom stereocenters. The van der Waals surface area contributed by atoms with E-state index in [-0.39, 0.29) is 5.15 Å². The second-order valence-electron chi connectivity index (χ2n) is 3.63. The van der Waals surface area contributed by atoms with Gasteiger partial charge < -0.3 is 14.8 Å². The molecule has 1 heterocycles. The van der Waals surface area contributed by atoms with Crippen molar-refractivity contribution < 1.29 is 9.47 Å². The molecule has 0 atom stereocenters. The van der Waals surface area contributed by atoms with Crippen LogP contribution in [0.5, 0.6) is 11.5 Å². The van der Waals surface area contributed by atoms with Crippen molar-refractivity contribution in [3.8, 4) is 11.5 Å². The molecule has 0 aliphatic heterocycles. The third-order valence-corrected chi connectivity index (χ3v) is 2.64. The van der Waals surface area contributed by atoms with Crippen molar-refractivity contribution in [3.05, 3.63) is 41.8 Å². The zero-order valence-corrected chi connectivity index (χ0v) is 11.2. The van der Waals surface area contributed by atoms with Crippen LogP contribution in [0.1, 0.15) is 0 Å². The van der Waals surface area contributed by atoms with E-state index >= 15 is 0 Å². The standard InChI is InChI=1S/C13H14ClN3O2/c1-18-11-12(14)16-9-17-13(11)15-7-8-19-10-5-3-2-4-6-10/h2-6,9H,7-8H2,1H3,(H,15,16,17). The van der Waals surface area contributed by atoms with Crippen LogP contribution in [0.25, 0.3) is 0 Å². The summed E-state index contributed by atoms with van der Waals surface area (Å²) in [5.74, 6) is 1.82. The maximum absolute atomic E-state index is 5.89. The summed E-state index contributed by atoms with van der Waals surface area (Å²) >= 11 is 5.89. The molecule has 19 heavy (non-hydrogen) atoms. The van der Waals surface area contributed by atoms with Gasteiger partial charge in [-0.2, -0.15) is 0 Å². The van der Waals surface area contributed by atoms with Crippen LogP contribution < -0.4 is 14.8 Å². The predicted molar refractivity (Wildman–Crippen MR) is 74.0 cm³/mol. The second-order valence-corrected chi connectivity index (χ2v) is 3.99. The molecule has 2 rings (SSSR count). The lowest BCUT2D eigenvalue weighted by Crippen LogP contribution is -2.13. The molecule has 100 valence electrons. The van der Waals surface area contributed by atoms with E-state index in [4.69, 9.17) is 21.1 Å². The molecule has 0 spiro atoms. The molecule has 5 nitrogen and oxygen atoms in total. The lowest BCUT2D eigenvalue weighted by atomic mass is 10.3. The molecular weight excluding hydrogens is 266 g/mol. The van der Waals surface area contributed by atoms with E-state index in [9.17, 15) is 0 Å². The number of nitrogens with one attached hydrogen (secondary N) is 1. The molecule has 0 bridgehead atoms. The van der Waals surface area contributed by atoms with Crippen LogP contribution in [0.3, 0.4) is 0 Å². The normalized spacial score (nSPS) is 10.0. The summed E-state index contributed by atoms with van der Waals surface area (Å²) < 4.78 is 10.7. The van der Waals surface area contributed by atoms with Crippen molar-refractivity contribution >= 4 is 17.4 Å². The number of hydrogen-bond acceptors (Lipinski definition) is 5. The SMILES string of the molecule is COc1c(Cl)ncnc1NCCOc1ccccc1. The van der Waals surface area contributed by atoms with Crippen LogP contribution in [-0.2, 0) is 0 Å². The van der Waals surface area contributed by atoms with Gasteiger partial charge in [-0.25, -0.2) is 9.97 Å². The average Bonchev–Trinajstić information content (AvgIpc) is 2.45. The summed E-state index contributed by atoms with van der Waals surface area (Å²) in [5, 5.41) is 3.37. The van der Waals surface area contributed by atoms with E-state index in [0.29, 0.717) is 24.7 Å². The van der Waals surface area contributed by atoms with Crippen LogP contribution in [-0.4, -0.2) is 30.2 Å². The van der Waals surface area contributed by atoms with Gasteiger partial charge in [0.25, 0.3) is 0 Å². The highest BCUT2D eigenvalue weighted by atomic mass is 35.5. The number of hydrogen-bond donors (Lipinski definition) is 1. The predicted octanol–water partition coefficient (Wildman–Crippen LogP) is 2.63. The first kappa shape index (κ1) is 13.4. The number of para-hydroxylation sites is 1. The van der Waals surface area contributed by atoms with Gasteiger partial charge in [-0.3, -0.25) is 0 Å². The Labute approximate surface area is 116 Å². The second kappa shape index (κ2) is 6.80. The minimum absolute atomic E-state index is 0.281. The van der Waals surface area contributed by atoms with Crippen molar-refractivity contribution in [2.24, 2.45) is 0 Å². The first-order chi connectivity index (χ1) is 9.31. The van der Waals surface area contributed by atoms with Gasteiger partial charge in [0.2, 0.25) is 0 Å². The molecule has 0 saturated carbocycles. The zero-order chi connectivity index (χ0) is 13.5. The van der Waals surface area contributed by atoms with E-state index in [1.54, 1.807) is 0 Å². The van der Waals surface area contributed by atoms with Crippen LogP contribution >= 0.6 is 11.6 Å². The molecule has 1 aromatic heterocycles. The quantitative estimate of drug-likeness (QED) is 0.651. The number of benzene rings is 1. The third kappa shape index (κ3) is 3.72. The van der Waals surface area contributed by atoms with E-state index in [1.807, 2.05) is 30.3 Å². The molecule has 0 aliphatic carbocycles. The van der Waals surface area contributed by atoms with Gasteiger partial charge in [-0.1, -0.05) is 29.8 Å². The molecule has 0 amide bonds. The lowest BCUT2D eigenvalue weighted by Gasteiger charge is -2.11. The van der Waals surface area contributed by atoms with Gasteiger partial charge in [0.1, 0.15) is 18.7 Å². The summed E-state index contributed by atoms with van der Waals surface area (Å²) in [6.45, 7) is 1.09. The number of halogens is 1. The molecule has 6 heteroatoms. The highest BCUT2D eigenvalue weighted by Crippen LogP contribution is 2.27. The summed E-state index contributed by atoms with van der Waals surface area (Å²) in [6.07, 6.45) is 1.38. The van der Waals surface area contributed by atoms with Crippen molar-refractivity contribution in [3.63, 3.8) is 0 Å². The topological polar surface area (TPSA) is 56.3 Å². The van der Waals surface area contributed by atoms with Crippen LogP contribution in [0.2, 0.25) is 5.15 Å². The Kier molecular flexibility index (Phi) is 4.80. The molecule has 0 saturated heterocycles. The average molecular weight is 280 g/mol. The number of methoxy groups -OCH3 is 1. The van der Waals surface area contributed by atoms with Crippen LogP contribution in [0.4, 0.5) is 5.82 Å². The maximum atomic E-state index is 5.89. The monoisotopic (exact) mass is 279 g/mol. The van der Waals surface area contributed by atoms with E-state index in [2.05, 4.69) is 15.3 Å². The van der Waals surface area contributed by atoms with Crippen molar-refractivity contribution in [1.82, 2.24) is 9.97 Å². The Balaban J connectivity index is 1.85. The first-order valence-corrected chi connectivity index (χ1v) is 6.15. The summed E-state index contributed by atoms with van der Waals surface area (Å²) in [7, 11) is 1.52. The molecule has 1 aromatic carbocycles. The summed E-state index contributed by atoms with van der Waals surface area (Å²) in [6, 6.07) is 9.61. The van der Waals surface area contributed by atoms with Crippen molar-refractivity contribution in [2.45, 2.75) is 0 Å². The number of aromatic nitrogens is 2.